The first kappa shape index (κ1) is 31.0. The van der Waals surface area contributed by atoms with Crippen LogP contribution in [0.25, 0.3) is 0 Å². The van der Waals surface area contributed by atoms with Crippen molar-refractivity contribution >= 4 is 35.1 Å². The van der Waals surface area contributed by atoms with Crippen LogP contribution in [0.2, 0.25) is 0 Å². The van der Waals surface area contributed by atoms with E-state index < -0.39 is 29.8 Å². The van der Waals surface area contributed by atoms with Crippen LogP contribution < -0.4 is 15.5 Å². The maximum atomic E-state index is 13.8. The summed E-state index contributed by atoms with van der Waals surface area (Å²) in [6.45, 7) is 5.37. The van der Waals surface area contributed by atoms with E-state index in [4.69, 9.17) is 9.90 Å². The number of benzene rings is 2. The lowest BCUT2D eigenvalue weighted by Crippen LogP contribution is -2.49. The van der Waals surface area contributed by atoms with Crippen molar-refractivity contribution < 1.29 is 47.0 Å². The number of amides is 2. The minimum atomic E-state index is -5.08. The molecular weight excluding hydrogens is 528 g/mol. The summed E-state index contributed by atoms with van der Waals surface area (Å²) in [4.78, 5) is 49.0. The largest absolute Gasteiger partial charge is 0.490 e. The Morgan fingerprint density at radius 1 is 0.949 bits per heavy atom. The van der Waals surface area contributed by atoms with Crippen LogP contribution in [0, 0.1) is 5.82 Å². The first-order valence-electron chi connectivity index (χ1n) is 11.8. The van der Waals surface area contributed by atoms with Crippen molar-refractivity contribution in [2.45, 2.75) is 19.5 Å². The molecule has 39 heavy (non-hydrogen) atoms. The van der Waals surface area contributed by atoms with Gasteiger partial charge in [0.25, 0.3) is 5.91 Å². The molecule has 0 spiro atoms. The molecule has 212 valence electrons. The molecule has 2 aromatic rings. The average Bonchev–Trinajstić information content (AvgIpc) is 2.88. The number of aromatic carboxylic acids is 1. The molecule has 0 saturated carbocycles. The number of piperazine rings is 1. The third kappa shape index (κ3) is 9.56. The number of alkyl halides is 3. The number of hydrogen-bond acceptors (Lipinski definition) is 6. The Kier molecular flexibility index (Phi) is 11.2. The first-order valence-corrected chi connectivity index (χ1v) is 11.8. The molecule has 2 amide bonds. The summed E-state index contributed by atoms with van der Waals surface area (Å²) >= 11 is 0. The summed E-state index contributed by atoms with van der Waals surface area (Å²) in [5, 5.41) is 22.2. The van der Waals surface area contributed by atoms with E-state index >= 15 is 0 Å². The summed E-state index contributed by atoms with van der Waals surface area (Å²) in [5.74, 6) is -5.19. The van der Waals surface area contributed by atoms with Gasteiger partial charge in [0.1, 0.15) is 5.82 Å². The van der Waals surface area contributed by atoms with Gasteiger partial charge >= 0.3 is 18.1 Å². The monoisotopic (exact) mass is 556 g/mol. The van der Waals surface area contributed by atoms with Gasteiger partial charge in [-0.2, -0.15) is 13.2 Å². The average molecular weight is 557 g/mol. The van der Waals surface area contributed by atoms with Crippen molar-refractivity contribution in [2.75, 3.05) is 49.5 Å². The highest BCUT2D eigenvalue weighted by atomic mass is 19.4. The zero-order valence-electron chi connectivity index (χ0n) is 20.9. The van der Waals surface area contributed by atoms with Gasteiger partial charge in [0.05, 0.1) is 23.4 Å². The number of nitrogens with one attached hydrogen (secondary N) is 2. The van der Waals surface area contributed by atoms with Crippen LogP contribution in [0.5, 0.6) is 0 Å². The van der Waals surface area contributed by atoms with E-state index in [0.29, 0.717) is 45.0 Å². The molecule has 1 aliphatic heterocycles. The second kappa shape index (κ2) is 14.1. The number of carbonyl (C=O) groups excluding carboxylic acids is 2. The number of carboxylic acid groups (broad SMARTS) is 2. The zero-order chi connectivity index (χ0) is 29.2. The minimum Gasteiger partial charge on any atom is -0.478 e. The molecule has 1 aliphatic rings. The van der Waals surface area contributed by atoms with Crippen molar-refractivity contribution in [3.05, 3.63) is 59.4 Å². The summed E-state index contributed by atoms with van der Waals surface area (Å²) in [7, 11) is 0. The number of halogens is 4. The smallest absolute Gasteiger partial charge is 0.478 e. The lowest BCUT2D eigenvalue weighted by atomic mass is 10.1. The van der Waals surface area contributed by atoms with Gasteiger partial charge in [-0.15, -0.1) is 0 Å². The quantitative estimate of drug-likeness (QED) is 0.364. The molecule has 14 heteroatoms. The van der Waals surface area contributed by atoms with Crippen molar-refractivity contribution in [3.63, 3.8) is 0 Å². The number of carboxylic acids is 2. The molecule has 0 aromatic heterocycles. The highest BCUT2D eigenvalue weighted by Crippen LogP contribution is 2.26. The van der Waals surface area contributed by atoms with E-state index in [2.05, 4.69) is 10.6 Å². The molecule has 0 radical (unpaired) electrons. The van der Waals surface area contributed by atoms with Crippen LogP contribution >= 0.6 is 0 Å². The molecule has 4 N–H and O–H groups in total. The molecule has 3 rings (SSSR count). The van der Waals surface area contributed by atoms with Crippen LogP contribution in [0.15, 0.2) is 42.5 Å². The fourth-order valence-electron chi connectivity index (χ4n) is 3.57. The van der Waals surface area contributed by atoms with E-state index in [9.17, 15) is 37.1 Å². The topological polar surface area (TPSA) is 139 Å². The lowest BCUT2D eigenvalue weighted by molar-refractivity contribution is -0.192. The highest BCUT2D eigenvalue weighted by molar-refractivity contribution is 6.05. The fourth-order valence-corrected chi connectivity index (χ4v) is 3.57. The number of hydrogen-bond donors (Lipinski definition) is 4. The third-order valence-electron chi connectivity index (χ3n) is 5.50. The molecule has 1 heterocycles. The second-order valence-electron chi connectivity index (χ2n) is 8.39. The summed E-state index contributed by atoms with van der Waals surface area (Å²) in [6, 6.07) is 10.2. The Bertz CT molecular complexity index is 1180. The maximum absolute atomic E-state index is 13.8. The predicted molar refractivity (Wildman–Crippen MR) is 133 cm³/mol. The van der Waals surface area contributed by atoms with Crippen LogP contribution in [0.3, 0.4) is 0 Å². The minimum absolute atomic E-state index is 0.0125. The molecule has 1 fully saturated rings. The zero-order valence-corrected chi connectivity index (χ0v) is 20.9. The Labute approximate surface area is 221 Å². The molecule has 2 aromatic carbocycles. The van der Waals surface area contributed by atoms with Gasteiger partial charge in [-0.05, 0) is 36.8 Å². The van der Waals surface area contributed by atoms with Crippen molar-refractivity contribution in [1.29, 1.82) is 0 Å². The van der Waals surface area contributed by atoms with Gasteiger partial charge in [0.2, 0.25) is 5.91 Å². The van der Waals surface area contributed by atoms with Crippen LogP contribution in [-0.4, -0.2) is 84.3 Å². The van der Waals surface area contributed by atoms with Gasteiger partial charge in [0.15, 0.2) is 0 Å². The first-order chi connectivity index (χ1) is 18.3. The maximum Gasteiger partial charge on any atom is 0.490 e. The van der Waals surface area contributed by atoms with Crippen LogP contribution in [-0.2, 0) is 9.59 Å². The SMILES string of the molecule is CCCNC(=O)CN1CCN(c2ccc(NC(=O)c3ccccc3F)cc2C(=O)O)CC1.O=C(O)C(F)(F)F. The molecular formula is C25H28F4N4O6. The van der Waals surface area contributed by atoms with Gasteiger partial charge in [0, 0.05) is 38.4 Å². The van der Waals surface area contributed by atoms with Gasteiger partial charge in [-0.25, -0.2) is 14.0 Å². The molecule has 0 atom stereocenters. The Hall–Kier alpha value is -4.20. The number of anilines is 2. The summed E-state index contributed by atoms with van der Waals surface area (Å²) < 4.78 is 45.6. The fraction of sp³-hybridized carbons (Fsp3) is 0.360. The number of nitrogens with zero attached hydrogens (tertiary/aromatic N) is 2. The van der Waals surface area contributed by atoms with Crippen LogP contribution in [0.4, 0.5) is 28.9 Å². The summed E-state index contributed by atoms with van der Waals surface area (Å²) in [5.41, 5.74) is 0.736. The number of aliphatic carboxylic acids is 1. The van der Waals surface area contributed by atoms with Gasteiger partial charge < -0.3 is 25.7 Å². The van der Waals surface area contributed by atoms with Crippen molar-refractivity contribution in [1.82, 2.24) is 10.2 Å². The van der Waals surface area contributed by atoms with Crippen molar-refractivity contribution in [2.24, 2.45) is 0 Å². The molecule has 1 saturated heterocycles. The van der Waals surface area contributed by atoms with Gasteiger partial charge in [-0.3, -0.25) is 14.5 Å². The Balaban J connectivity index is 0.000000673. The third-order valence-corrected chi connectivity index (χ3v) is 5.50. The van der Waals surface area contributed by atoms with E-state index in [1.54, 1.807) is 18.2 Å². The van der Waals surface area contributed by atoms with E-state index in [-0.39, 0.29) is 22.7 Å². The van der Waals surface area contributed by atoms with E-state index in [0.717, 1.165) is 6.42 Å². The van der Waals surface area contributed by atoms with Crippen LogP contribution in [0.1, 0.15) is 34.1 Å². The van der Waals surface area contributed by atoms with Gasteiger partial charge in [-0.1, -0.05) is 19.1 Å². The Morgan fingerprint density at radius 3 is 2.10 bits per heavy atom. The number of rotatable bonds is 8. The predicted octanol–water partition coefficient (Wildman–Crippen LogP) is 3.06. The lowest BCUT2D eigenvalue weighted by Gasteiger charge is -2.36. The standard InChI is InChI=1S/C23H27FN4O4.C2HF3O2/c1-2-9-25-21(29)15-27-10-12-28(13-11-27)20-8-7-16(14-18(20)23(31)32)26-22(30)17-5-3-4-6-19(17)24;3-2(4,5)1(6)7/h3-8,14H,2,9-13,15H2,1H3,(H,25,29)(H,26,30)(H,31,32);(H,6,7). The van der Waals surface area contributed by atoms with E-state index in [1.807, 2.05) is 16.7 Å². The molecule has 10 nitrogen and oxygen atoms in total. The Morgan fingerprint density at radius 2 is 1.56 bits per heavy atom. The molecule has 0 aliphatic carbocycles. The molecule has 0 unspecified atom stereocenters. The highest BCUT2D eigenvalue weighted by Gasteiger charge is 2.38. The second-order valence-corrected chi connectivity index (χ2v) is 8.39. The summed E-state index contributed by atoms with van der Waals surface area (Å²) in [6.07, 6.45) is -4.20. The number of carbonyl (C=O) groups is 4. The normalized spacial score (nSPS) is 13.6. The van der Waals surface area contributed by atoms with E-state index in [1.165, 1.54) is 24.3 Å². The van der Waals surface area contributed by atoms with Crippen molar-refractivity contribution in [3.8, 4) is 0 Å². The molecule has 0 bridgehead atoms.